The van der Waals surface area contributed by atoms with Crippen LogP contribution in [0.15, 0.2) is 60.8 Å². The Kier molecular flexibility index (Phi) is 10.4. The monoisotopic (exact) mass is 550 g/mol. The second-order valence-electron chi connectivity index (χ2n) is 9.56. The van der Waals surface area contributed by atoms with E-state index in [-0.39, 0.29) is 25.7 Å². The van der Waals surface area contributed by atoms with Gasteiger partial charge in [-0.1, -0.05) is 48.5 Å². The van der Waals surface area contributed by atoms with Crippen LogP contribution in [-0.4, -0.2) is 63.9 Å². The number of H-pyrrole nitrogens is 1. The number of carboxylic acid groups (broad SMARTS) is 1. The summed E-state index contributed by atoms with van der Waals surface area (Å²) < 4.78 is 0. The van der Waals surface area contributed by atoms with Crippen LogP contribution in [0, 0.1) is 0 Å². The Hall–Kier alpha value is -4.71. The molecule has 12 nitrogen and oxygen atoms in total. The lowest BCUT2D eigenvalue weighted by atomic mass is 10.0. The molecule has 0 spiro atoms. The molecule has 0 aliphatic carbocycles. The molecule has 3 aromatic rings. The maximum absolute atomic E-state index is 13.0. The molecule has 12 heteroatoms. The number of hydrogen-bond donors (Lipinski definition) is 7. The number of aliphatic carboxylic acids is 1. The number of aromatic nitrogens is 1. The highest BCUT2D eigenvalue weighted by atomic mass is 16.4. The van der Waals surface area contributed by atoms with E-state index in [9.17, 15) is 29.1 Å². The minimum Gasteiger partial charge on any atom is -0.480 e. The molecule has 1 heterocycles. The van der Waals surface area contributed by atoms with Gasteiger partial charge in [-0.2, -0.15) is 0 Å². The van der Waals surface area contributed by atoms with E-state index in [1.807, 2.05) is 54.6 Å². The predicted octanol–water partition coefficient (Wildman–Crippen LogP) is 0.105. The van der Waals surface area contributed by atoms with Gasteiger partial charge in [0, 0.05) is 29.9 Å². The number of para-hydroxylation sites is 1. The number of amides is 4. The highest BCUT2D eigenvalue weighted by Gasteiger charge is 2.29. The number of primary amides is 1. The number of carbonyl (C=O) groups excluding carboxylic acids is 4. The van der Waals surface area contributed by atoms with Crippen molar-refractivity contribution in [2.24, 2.45) is 11.5 Å². The summed E-state index contributed by atoms with van der Waals surface area (Å²) in [6.07, 6.45) is 1.62. The molecule has 212 valence electrons. The first-order valence-corrected chi connectivity index (χ1v) is 12.8. The van der Waals surface area contributed by atoms with Crippen LogP contribution in [0.4, 0.5) is 0 Å². The number of rotatable bonds is 14. The molecule has 4 amide bonds. The topological polar surface area (TPSA) is 209 Å². The highest BCUT2D eigenvalue weighted by molar-refractivity contribution is 5.94. The van der Waals surface area contributed by atoms with Gasteiger partial charge in [-0.25, -0.2) is 4.79 Å². The minimum absolute atomic E-state index is 0.0162. The normalized spacial score (nSPS) is 13.9. The molecule has 0 fully saturated rings. The van der Waals surface area contributed by atoms with E-state index in [0.717, 1.165) is 16.5 Å². The van der Waals surface area contributed by atoms with Gasteiger partial charge in [0.15, 0.2) is 0 Å². The van der Waals surface area contributed by atoms with Crippen molar-refractivity contribution in [1.29, 1.82) is 0 Å². The fourth-order valence-electron chi connectivity index (χ4n) is 4.19. The fraction of sp³-hybridized carbons (Fsp3) is 0.321. The summed E-state index contributed by atoms with van der Waals surface area (Å²) in [4.78, 5) is 64.8. The Balaban J connectivity index is 1.62. The molecule has 0 bridgehead atoms. The second kappa shape index (κ2) is 13.9. The van der Waals surface area contributed by atoms with Crippen molar-refractivity contribution < 1.29 is 29.1 Å². The predicted molar refractivity (Wildman–Crippen MR) is 148 cm³/mol. The quantitative estimate of drug-likeness (QED) is 0.147. The molecule has 0 saturated carbocycles. The first kappa shape index (κ1) is 29.8. The Morgan fingerprint density at radius 3 is 2.17 bits per heavy atom. The third-order valence-electron chi connectivity index (χ3n) is 6.41. The molecule has 2 aromatic carbocycles. The maximum atomic E-state index is 13.0. The molecule has 0 radical (unpaired) electrons. The van der Waals surface area contributed by atoms with E-state index in [2.05, 4.69) is 20.9 Å². The summed E-state index contributed by atoms with van der Waals surface area (Å²) in [5.41, 5.74) is 13.6. The van der Waals surface area contributed by atoms with E-state index in [1.54, 1.807) is 6.20 Å². The maximum Gasteiger partial charge on any atom is 0.326 e. The number of benzene rings is 2. The van der Waals surface area contributed by atoms with Crippen molar-refractivity contribution in [2.75, 3.05) is 0 Å². The number of carboxylic acids is 1. The molecule has 40 heavy (non-hydrogen) atoms. The lowest BCUT2D eigenvalue weighted by Gasteiger charge is -2.23. The molecule has 0 saturated heterocycles. The number of nitrogens with one attached hydrogen (secondary N) is 4. The number of fused-ring (bicyclic) bond motifs is 1. The summed E-state index contributed by atoms with van der Waals surface area (Å²) in [6.45, 7) is 1.38. The van der Waals surface area contributed by atoms with Gasteiger partial charge in [0.05, 0.1) is 6.04 Å². The van der Waals surface area contributed by atoms with E-state index in [4.69, 9.17) is 11.5 Å². The average molecular weight is 551 g/mol. The standard InChI is InChI=1S/C28H34N6O6/c1-16(25(36)34-23(28(39)40)14-18-15-31-21-10-6-5-9-19(18)21)32-27(38)22(11-12-24(30)35)33-26(37)20(29)13-17-7-3-2-4-8-17/h2-10,15-16,20,22-23,31H,11-14,29H2,1H3,(H2,30,35)(H,32,38)(H,33,37)(H,34,36)(H,39,40)/t16-,20-,22-,23-/m0/s1. The number of nitrogens with two attached hydrogens (primary N) is 2. The van der Waals surface area contributed by atoms with Gasteiger partial charge in [-0.3, -0.25) is 19.2 Å². The van der Waals surface area contributed by atoms with Crippen molar-refractivity contribution in [3.63, 3.8) is 0 Å². The van der Waals surface area contributed by atoms with E-state index in [1.165, 1.54) is 6.92 Å². The summed E-state index contributed by atoms with van der Waals surface area (Å²) in [5.74, 6) is -4.01. The molecule has 0 unspecified atom stereocenters. The van der Waals surface area contributed by atoms with Gasteiger partial charge in [0.2, 0.25) is 23.6 Å². The van der Waals surface area contributed by atoms with Crippen LogP contribution in [0.2, 0.25) is 0 Å². The molecule has 3 rings (SSSR count). The Labute approximate surface area is 230 Å². The first-order valence-electron chi connectivity index (χ1n) is 12.8. The molecule has 0 aliphatic rings. The van der Waals surface area contributed by atoms with Gasteiger partial charge < -0.3 is 37.5 Å². The van der Waals surface area contributed by atoms with Gasteiger partial charge in [0.25, 0.3) is 0 Å². The molecular weight excluding hydrogens is 516 g/mol. The lowest BCUT2D eigenvalue weighted by molar-refractivity contribution is -0.142. The number of hydrogen-bond acceptors (Lipinski definition) is 6. The van der Waals surface area contributed by atoms with Crippen LogP contribution in [0.1, 0.15) is 30.9 Å². The van der Waals surface area contributed by atoms with Crippen molar-refractivity contribution >= 4 is 40.5 Å². The van der Waals surface area contributed by atoms with E-state index < -0.39 is 53.8 Å². The average Bonchev–Trinajstić information content (AvgIpc) is 3.33. The number of carbonyl (C=O) groups is 5. The SMILES string of the molecule is C[C@H](NC(=O)[C@H](CCC(N)=O)NC(=O)[C@@H](N)Cc1ccccc1)C(=O)N[C@@H](Cc1c[nH]c2ccccc12)C(=O)O. The summed E-state index contributed by atoms with van der Waals surface area (Å²) >= 11 is 0. The smallest absolute Gasteiger partial charge is 0.326 e. The fourth-order valence-corrected chi connectivity index (χ4v) is 4.19. The van der Waals surface area contributed by atoms with Crippen LogP contribution >= 0.6 is 0 Å². The van der Waals surface area contributed by atoms with Crippen molar-refractivity contribution in [3.05, 3.63) is 71.9 Å². The summed E-state index contributed by atoms with van der Waals surface area (Å²) in [5, 5.41) is 18.0. The minimum atomic E-state index is -1.26. The zero-order chi connectivity index (χ0) is 29.2. The van der Waals surface area contributed by atoms with Gasteiger partial charge in [-0.15, -0.1) is 0 Å². The van der Waals surface area contributed by atoms with Crippen LogP contribution < -0.4 is 27.4 Å². The largest absolute Gasteiger partial charge is 0.480 e. The third kappa shape index (κ3) is 8.40. The van der Waals surface area contributed by atoms with Gasteiger partial charge in [-0.05, 0) is 37.0 Å². The highest BCUT2D eigenvalue weighted by Crippen LogP contribution is 2.19. The first-order chi connectivity index (χ1) is 19.0. The molecular formula is C28H34N6O6. The van der Waals surface area contributed by atoms with E-state index >= 15 is 0 Å². The molecule has 4 atom stereocenters. The van der Waals surface area contributed by atoms with Crippen LogP contribution in [-0.2, 0) is 36.8 Å². The van der Waals surface area contributed by atoms with Gasteiger partial charge in [0.1, 0.15) is 18.1 Å². The summed E-state index contributed by atoms with van der Waals surface area (Å²) in [6, 6.07) is 11.9. The zero-order valence-electron chi connectivity index (χ0n) is 22.1. The summed E-state index contributed by atoms with van der Waals surface area (Å²) in [7, 11) is 0. The second-order valence-corrected chi connectivity index (χ2v) is 9.56. The van der Waals surface area contributed by atoms with Crippen LogP contribution in [0.5, 0.6) is 0 Å². The van der Waals surface area contributed by atoms with Gasteiger partial charge >= 0.3 is 5.97 Å². The van der Waals surface area contributed by atoms with Crippen molar-refractivity contribution in [2.45, 2.75) is 56.8 Å². The number of aromatic amines is 1. The Bertz CT molecular complexity index is 1360. The lowest BCUT2D eigenvalue weighted by Crippen LogP contribution is -2.56. The van der Waals surface area contributed by atoms with Crippen molar-refractivity contribution in [1.82, 2.24) is 20.9 Å². The molecule has 9 N–H and O–H groups in total. The van der Waals surface area contributed by atoms with Crippen molar-refractivity contribution in [3.8, 4) is 0 Å². The molecule has 1 aromatic heterocycles. The Morgan fingerprint density at radius 1 is 0.850 bits per heavy atom. The Morgan fingerprint density at radius 2 is 1.50 bits per heavy atom. The molecule has 0 aliphatic heterocycles. The zero-order valence-corrected chi connectivity index (χ0v) is 22.1. The van der Waals surface area contributed by atoms with E-state index in [0.29, 0.717) is 5.56 Å². The van der Waals surface area contributed by atoms with Crippen LogP contribution in [0.25, 0.3) is 10.9 Å². The van der Waals surface area contributed by atoms with Crippen LogP contribution in [0.3, 0.4) is 0 Å². The third-order valence-corrected chi connectivity index (χ3v) is 6.41.